The van der Waals surface area contributed by atoms with E-state index in [1.165, 1.54) is 17.7 Å². The maximum absolute atomic E-state index is 10.9. The summed E-state index contributed by atoms with van der Waals surface area (Å²) in [4.78, 5) is 10.9. The van der Waals surface area contributed by atoms with E-state index in [4.69, 9.17) is 14.8 Å². The standard InChI is InChI=1S/C15H15BO4/c17-11-13-10-14(6-7-15(13)16(18)19)20-9-8-12-4-2-1-3-5-12/h1-7,10-11,18-19H,8-9H2. The molecule has 0 aliphatic heterocycles. The van der Waals surface area contributed by atoms with Gasteiger partial charge in [0.1, 0.15) is 12.0 Å². The smallest absolute Gasteiger partial charge is 0.489 e. The number of carbonyl (C=O) groups is 1. The monoisotopic (exact) mass is 270 g/mol. The molecule has 2 aromatic carbocycles. The van der Waals surface area contributed by atoms with Gasteiger partial charge < -0.3 is 14.8 Å². The van der Waals surface area contributed by atoms with Crippen LogP contribution in [0.15, 0.2) is 48.5 Å². The number of hydrogen-bond acceptors (Lipinski definition) is 4. The predicted octanol–water partition coefficient (Wildman–Crippen LogP) is 0.800. The summed E-state index contributed by atoms with van der Waals surface area (Å²) in [5.74, 6) is 0.535. The summed E-state index contributed by atoms with van der Waals surface area (Å²) >= 11 is 0. The first kappa shape index (κ1) is 14.3. The van der Waals surface area contributed by atoms with E-state index in [0.29, 0.717) is 18.6 Å². The molecular weight excluding hydrogens is 255 g/mol. The molecule has 0 aliphatic carbocycles. The lowest BCUT2D eigenvalue weighted by atomic mass is 9.77. The number of hydrogen-bond donors (Lipinski definition) is 2. The zero-order valence-electron chi connectivity index (χ0n) is 10.9. The second-order valence-corrected chi connectivity index (χ2v) is 4.37. The van der Waals surface area contributed by atoms with Crippen molar-refractivity contribution < 1.29 is 19.6 Å². The number of aldehydes is 1. The number of ether oxygens (including phenoxy) is 1. The van der Waals surface area contributed by atoms with Gasteiger partial charge in [-0.25, -0.2) is 0 Å². The van der Waals surface area contributed by atoms with Crippen molar-refractivity contribution in [1.82, 2.24) is 0 Å². The minimum Gasteiger partial charge on any atom is -0.493 e. The van der Waals surface area contributed by atoms with Gasteiger partial charge in [0.15, 0.2) is 0 Å². The van der Waals surface area contributed by atoms with Crippen molar-refractivity contribution in [2.24, 2.45) is 0 Å². The highest BCUT2D eigenvalue weighted by molar-refractivity contribution is 6.60. The highest BCUT2D eigenvalue weighted by atomic mass is 16.5. The lowest BCUT2D eigenvalue weighted by Gasteiger charge is -2.09. The number of rotatable bonds is 6. The molecule has 0 bridgehead atoms. The van der Waals surface area contributed by atoms with Gasteiger partial charge in [0.25, 0.3) is 0 Å². The SMILES string of the molecule is O=Cc1cc(OCCc2ccccc2)ccc1B(O)O. The summed E-state index contributed by atoms with van der Waals surface area (Å²) < 4.78 is 5.57. The third kappa shape index (κ3) is 3.69. The van der Waals surface area contributed by atoms with Crippen LogP contribution in [-0.4, -0.2) is 30.1 Å². The molecule has 0 saturated carbocycles. The fourth-order valence-electron chi connectivity index (χ4n) is 1.91. The second kappa shape index (κ2) is 6.89. The molecule has 2 N–H and O–H groups in total. The van der Waals surface area contributed by atoms with Crippen molar-refractivity contribution in [2.75, 3.05) is 6.61 Å². The molecule has 2 rings (SSSR count). The molecule has 0 atom stereocenters. The van der Waals surface area contributed by atoms with Gasteiger partial charge in [-0.3, -0.25) is 4.79 Å². The van der Waals surface area contributed by atoms with Gasteiger partial charge in [-0.05, 0) is 23.2 Å². The summed E-state index contributed by atoms with van der Waals surface area (Å²) in [6.45, 7) is 0.489. The van der Waals surface area contributed by atoms with Gasteiger partial charge in [-0.1, -0.05) is 36.4 Å². The molecule has 2 aromatic rings. The van der Waals surface area contributed by atoms with E-state index < -0.39 is 7.12 Å². The van der Waals surface area contributed by atoms with Gasteiger partial charge in [-0.2, -0.15) is 0 Å². The molecule has 0 aliphatic rings. The summed E-state index contributed by atoms with van der Waals surface area (Å²) in [5.41, 5.74) is 1.57. The van der Waals surface area contributed by atoms with Crippen molar-refractivity contribution in [1.29, 1.82) is 0 Å². The van der Waals surface area contributed by atoms with Crippen molar-refractivity contribution in [3.05, 3.63) is 59.7 Å². The summed E-state index contributed by atoms with van der Waals surface area (Å²) in [6, 6.07) is 14.5. The Morgan fingerprint density at radius 2 is 1.85 bits per heavy atom. The van der Waals surface area contributed by atoms with Crippen LogP contribution in [0.5, 0.6) is 5.75 Å². The van der Waals surface area contributed by atoms with Crippen LogP contribution in [0.3, 0.4) is 0 Å². The van der Waals surface area contributed by atoms with Crippen LogP contribution in [-0.2, 0) is 6.42 Å². The van der Waals surface area contributed by atoms with Crippen LogP contribution in [0, 0.1) is 0 Å². The fraction of sp³-hybridized carbons (Fsp3) is 0.133. The average Bonchev–Trinajstić information content (AvgIpc) is 2.48. The Morgan fingerprint density at radius 1 is 1.10 bits per heavy atom. The average molecular weight is 270 g/mol. The Labute approximate surface area is 117 Å². The van der Waals surface area contributed by atoms with Crippen LogP contribution in [0.25, 0.3) is 0 Å². The Hall–Kier alpha value is -2.11. The minimum absolute atomic E-state index is 0.176. The first-order valence-electron chi connectivity index (χ1n) is 6.32. The highest BCUT2D eigenvalue weighted by Gasteiger charge is 2.16. The van der Waals surface area contributed by atoms with Crippen LogP contribution >= 0.6 is 0 Å². The summed E-state index contributed by atoms with van der Waals surface area (Å²) in [7, 11) is -1.66. The molecule has 5 heteroatoms. The zero-order valence-corrected chi connectivity index (χ0v) is 10.9. The molecule has 0 radical (unpaired) electrons. The van der Waals surface area contributed by atoms with Crippen molar-refractivity contribution >= 4 is 18.9 Å². The molecular formula is C15H15BO4. The van der Waals surface area contributed by atoms with Gasteiger partial charge in [0.05, 0.1) is 6.61 Å². The van der Waals surface area contributed by atoms with E-state index in [-0.39, 0.29) is 11.0 Å². The van der Waals surface area contributed by atoms with Crippen molar-refractivity contribution in [3.63, 3.8) is 0 Å². The molecule has 0 fully saturated rings. The topological polar surface area (TPSA) is 66.8 Å². The van der Waals surface area contributed by atoms with E-state index >= 15 is 0 Å². The molecule has 0 saturated heterocycles. The quantitative estimate of drug-likeness (QED) is 0.602. The molecule has 0 heterocycles. The molecule has 4 nitrogen and oxygen atoms in total. The largest absolute Gasteiger partial charge is 0.493 e. The first-order chi connectivity index (χ1) is 9.70. The zero-order chi connectivity index (χ0) is 14.4. The second-order valence-electron chi connectivity index (χ2n) is 4.37. The molecule has 102 valence electrons. The van der Waals surface area contributed by atoms with Crippen LogP contribution in [0.4, 0.5) is 0 Å². The molecule has 0 amide bonds. The van der Waals surface area contributed by atoms with Crippen LogP contribution in [0.1, 0.15) is 15.9 Å². The van der Waals surface area contributed by atoms with Gasteiger partial charge in [0.2, 0.25) is 0 Å². The third-order valence-electron chi connectivity index (χ3n) is 2.97. The third-order valence-corrected chi connectivity index (χ3v) is 2.97. The normalized spacial score (nSPS) is 10.1. The van der Waals surface area contributed by atoms with Crippen molar-refractivity contribution in [3.8, 4) is 5.75 Å². The summed E-state index contributed by atoms with van der Waals surface area (Å²) in [6.07, 6.45) is 1.35. The molecule has 0 spiro atoms. The Morgan fingerprint density at radius 3 is 2.50 bits per heavy atom. The maximum atomic E-state index is 10.9. The van der Waals surface area contributed by atoms with E-state index in [2.05, 4.69) is 0 Å². The molecule has 20 heavy (non-hydrogen) atoms. The van der Waals surface area contributed by atoms with E-state index in [0.717, 1.165) is 6.42 Å². The van der Waals surface area contributed by atoms with Gasteiger partial charge in [0, 0.05) is 12.0 Å². The van der Waals surface area contributed by atoms with E-state index in [1.54, 1.807) is 6.07 Å². The predicted molar refractivity (Wildman–Crippen MR) is 77.3 cm³/mol. The lowest BCUT2D eigenvalue weighted by Crippen LogP contribution is -2.32. The Balaban J connectivity index is 1.98. The van der Waals surface area contributed by atoms with E-state index in [1.807, 2.05) is 30.3 Å². The lowest BCUT2D eigenvalue weighted by molar-refractivity contribution is 0.112. The van der Waals surface area contributed by atoms with Gasteiger partial charge in [-0.15, -0.1) is 0 Å². The number of benzene rings is 2. The first-order valence-corrected chi connectivity index (χ1v) is 6.32. The Kier molecular flexibility index (Phi) is 4.93. The van der Waals surface area contributed by atoms with Crippen molar-refractivity contribution in [2.45, 2.75) is 6.42 Å². The summed E-state index contributed by atoms with van der Waals surface area (Å²) in [5, 5.41) is 18.2. The van der Waals surface area contributed by atoms with E-state index in [9.17, 15) is 4.79 Å². The molecule has 0 unspecified atom stereocenters. The number of carbonyl (C=O) groups excluding carboxylic acids is 1. The molecule has 0 aromatic heterocycles. The van der Waals surface area contributed by atoms with Crippen LogP contribution < -0.4 is 10.2 Å². The maximum Gasteiger partial charge on any atom is 0.489 e. The van der Waals surface area contributed by atoms with Crippen LogP contribution in [0.2, 0.25) is 0 Å². The Bertz CT molecular complexity index is 569. The minimum atomic E-state index is -1.66. The highest BCUT2D eigenvalue weighted by Crippen LogP contribution is 2.12. The fourth-order valence-corrected chi connectivity index (χ4v) is 1.91. The van der Waals surface area contributed by atoms with Gasteiger partial charge >= 0.3 is 7.12 Å².